The van der Waals surface area contributed by atoms with Crippen LogP contribution in [0.15, 0.2) is 53.3 Å². The first-order chi connectivity index (χ1) is 17.5. The summed E-state index contributed by atoms with van der Waals surface area (Å²) < 4.78 is 43.5. The summed E-state index contributed by atoms with van der Waals surface area (Å²) in [6.07, 6.45) is -3.33. The van der Waals surface area contributed by atoms with E-state index >= 15 is 0 Å². The van der Waals surface area contributed by atoms with Crippen molar-refractivity contribution in [2.45, 2.75) is 50.4 Å². The van der Waals surface area contributed by atoms with Crippen LogP contribution in [0.5, 0.6) is 0 Å². The van der Waals surface area contributed by atoms with E-state index in [2.05, 4.69) is 5.10 Å². The molecule has 2 aromatic carbocycles. The first-order valence-corrected chi connectivity index (χ1v) is 12.2. The molecule has 11 heteroatoms. The minimum atomic E-state index is -4.65. The largest absolute Gasteiger partial charge is 0.416 e. The van der Waals surface area contributed by atoms with Gasteiger partial charge in [0.2, 0.25) is 5.91 Å². The molecule has 3 aromatic rings. The zero-order chi connectivity index (χ0) is 26.9. The smallest absolute Gasteiger partial charge is 0.348 e. The Morgan fingerprint density at radius 3 is 2.35 bits per heavy atom. The SMILES string of the molecule is CN(C)C(=O)C(CCC(=O)Cn1nc(-c2ccc(Cl)cc2)n(C2CC2)c1=O)c1ccccc1C(F)(F)F. The molecule has 1 unspecified atom stereocenters. The maximum absolute atomic E-state index is 13.6. The van der Waals surface area contributed by atoms with E-state index in [-0.39, 0.29) is 31.0 Å². The Balaban J connectivity index is 1.56. The number of hydrogen-bond acceptors (Lipinski definition) is 4. The molecule has 1 aromatic heterocycles. The van der Waals surface area contributed by atoms with Gasteiger partial charge in [-0.05, 0) is 55.2 Å². The number of alkyl halides is 3. The highest BCUT2D eigenvalue weighted by Crippen LogP contribution is 2.38. The van der Waals surface area contributed by atoms with Crippen LogP contribution >= 0.6 is 11.6 Å². The highest BCUT2D eigenvalue weighted by Gasteiger charge is 2.37. The van der Waals surface area contributed by atoms with Gasteiger partial charge in [0.1, 0.15) is 6.54 Å². The van der Waals surface area contributed by atoms with E-state index in [1.165, 1.54) is 37.2 Å². The highest BCUT2D eigenvalue weighted by molar-refractivity contribution is 6.30. The number of aromatic nitrogens is 3. The van der Waals surface area contributed by atoms with Crippen LogP contribution in [0.1, 0.15) is 48.8 Å². The van der Waals surface area contributed by atoms with Crippen molar-refractivity contribution < 1.29 is 22.8 Å². The lowest BCUT2D eigenvalue weighted by molar-refractivity contribution is -0.139. The van der Waals surface area contributed by atoms with Crippen molar-refractivity contribution in [3.8, 4) is 11.4 Å². The van der Waals surface area contributed by atoms with Gasteiger partial charge in [-0.15, -0.1) is 5.10 Å². The second kappa shape index (κ2) is 10.5. The number of likely N-dealkylation sites (N-methyl/N-ethyl adjacent to an activating group) is 1. The number of carbonyl (C=O) groups is 2. The Labute approximate surface area is 216 Å². The van der Waals surface area contributed by atoms with Gasteiger partial charge in [0.15, 0.2) is 11.6 Å². The molecule has 4 rings (SSSR count). The van der Waals surface area contributed by atoms with E-state index in [1.807, 2.05) is 0 Å². The maximum Gasteiger partial charge on any atom is 0.416 e. The molecule has 1 aliphatic carbocycles. The van der Waals surface area contributed by atoms with Gasteiger partial charge in [-0.25, -0.2) is 9.48 Å². The van der Waals surface area contributed by atoms with Crippen molar-refractivity contribution in [1.82, 2.24) is 19.2 Å². The Kier molecular flexibility index (Phi) is 7.59. The molecular formula is C26H26ClF3N4O3. The number of nitrogens with zero attached hydrogens (tertiary/aromatic N) is 4. The number of rotatable bonds is 9. The van der Waals surface area contributed by atoms with Gasteiger partial charge in [-0.2, -0.15) is 13.2 Å². The number of hydrogen-bond donors (Lipinski definition) is 0. The van der Waals surface area contributed by atoms with Crippen molar-refractivity contribution in [1.29, 1.82) is 0 Å². The van der Waals surface area contributed by atoms with Crippen LogP contribution in [0.4, 0.5) is 13.2 Å². The predicted octanol–water partition coefficient (Wildman–Crippen LogP) is 4.94. The summed E-state index contributed by atoms with van der Waals surface area (Å²) in [6.45, 7) is -0.344. The molecule has 7 nitrogen and oxygen atoms in total. The second-order valence-electron chi connectivity index (χ2n) is 9.32. The molecule has 1 atom stereocenters. The standard InChI is InChI=1S/C26H26ClF3N4O3/c1-32(2)24(36)21(20-5-3-4-6-22(20)26(28,29)30)14-13-19(35)15-33-25(37)34(18-11-12-18)23(31-33)16-7-9-17(27)10-8-16/h3-10,18,21H,11-15H2,1-2H3. The van der Waals surface area contributed by atoms with Gasteiger partial charge >= 0.3 is 11.9 Å². The van der Waals surface area contributed by atoms with E-state index in [1.54, 1.807) is 28.8 Å². The first kappa shape index (κ1) is 26.7. The van der Waals surface area contributed by atoms with Crippen LogP contribution in [0, 0.1) is 0 Å². The molecule has 0 N–H and O–H groups in total. The van der Waals surface area contributed by atoms with Crippen LogP contribution in [0.3, 0.4) is 0 Å². The Morgan fingerprint density at radius 2 is 1.76 bits per heavy atom. The van der Waals surface area contributed by atoms with Crippen LogP contribution in [0.2, 0.25) is 5.02 Å². The normalized spacial score (nSPS) is 14.4. The molecule has 1 amide bonds. The molecular weight excluding hydrogens is 509 g/mol. The lowest BCUT2D eigenvalue weighted by Gasteiger charge is -2.23. The van der Waals surface area contributed by atoms with Crippen LogP contribution < -0.4 is 5.69 Å². The fourth-order valence-corrected chi connectivity index (χ4v) is 4.44. The molecule has 0 saturated heterocycles. The summed E-state index contributed by atoms with van der Waals surface area (Å²) in [5, 5.41) is 4.92. The number of carbonyl (C=O) groups excluding carboxylic acids is 2. The van der Waals surface area contributed by atoms with E-state index < -0.39 is 35.0 Å². The van der Waals surface area contributed by atoms with E-state index in [0.29, 0.717) is 16.4 Å². The average molecular weight is 535 g/mol. The van der Waals surface area contributed by atoms with E-state index in [0.717, 1.165) is 23.6 Å². The fourth-order valence-electron chi connectivity index (χ4n) is 4.31. The van der Waals surface area contributed by atoms with Gasteiger partial charge in [0.05, 0.1) is 11.5 Å². The van der Waals surface area contributed by atoms with Gasteiger partial charge in [-0.3, -0.25) is 14.2 Å². The van der Waals surface area contributed by atoms with Crippen molar-refractivity contribution in [3.63, 3.8) is 0 Å². The van der Waals surface area contributed by atoms with Crippen molar-refractivity contribution in [2.75, 3.05) is 14.1 Å². The lowest BCUT2D eigenvalue weighted by Crippen LogP contribution is -2.31. The third-order valence-electron chi connectivity index (χ3n) is 6.30. The lowest BCUT2D eigenvalue weighted by atomic mass is 9.88. The zero-order valence-corrected chi connectivity index (χ0v) is 21.1. The Morgan fingerprint density at radius 1 is 1.11 bits per heavy atom. The maximum atomic E-state index is 13.6. The Bertz CT molecular complexity index is 1360. The summed E-state index contributed by atoms with van der Waals surface area (Å²) in [6, 6.07) is 11.7. The first-order valence-electron chi connectivity index (χ1n) is 11.8. The number of ketones is 1. The summed E-state index contributed by atoms with van der Waals surface area (Å²) in [7, 11) is 2.91. The van der Waals surface area contributed by atoms with Gasteiger partial charge < -0.3 is 4.90 Å². The fraction of sp³-hybridized carbons (Fsp3) is 0.385. The van der Waals surface area contributed by atoms with Crippen molar-refractivity contribution in [3.05, 3.63) is 75.2 Å². The Hall–Kier alpha value is -3.40. The minimum Gasteiger partial charge on any atom is -0.348 e. The highest BCUT2D eigenvalue weighted by atomic mass is 35.5. The molecule has 1 aliphatic rings. The second-order valence-corrected chi connectivity index (χ2v) is 9.76. The quantitative estimate of drug-likeness (QED) is 0.389. The van der Waals surface area contributed by atoms with Crippen molar-refractivity contribution in [2.24, 2.45) is 0 Å². The topological polar surface area (TPSA) is 77.2 Å². The van der Waals surface area contributed by atoms with Crippen molar-refractivity contribution >= 4 is 23.3 Å². The van der Waals surface area contributed by atoms with Crippen LogP contribution in [0.25, 0.3) is 11.4 Å². The number of amides is 1. The number of benzene rings is 2. The zero-order valence-electron chi connectivity index (χ0n) is 20.3. The number of Topliss-reactive ketones (excluding diaryl/α,β-unsaturated/α-hetero) is 1. The molecule has 0 aliphatic heterocycles. The van der Waals surface area contributed by atoms with Gasteiger partial charge in [0, 0.05) is 37.1 Å². The summed E-state index contributed by atoms with van der Waals surface area (Å²) in [4.78, 5) is 40.0. The monoisotopic (exact) mass is 534 g/mol. The third kappa shape index (κ3) is 5.95. The molecule has 1 fully saturated rings. The number of halogens is 4. The predicted molar refractivity (Wildman–Crippen MR) is 132 cm³/mol. The molecule has 196 valence electrons. The van der Waals surface area contributed by atoms with E-state index in [4.69, 9.17) is 11.6 Å². The van der Waals surface area contributed by atoms with Crippen LogP contribution in [-0.4, -0.2) is 45.0 Å². The van der Waals surface area contributed by atoms with Gasteiger partial charge in [-0.1, -0.05) is 29.8 Å². The summed E-state index contributed by atoms with van der Waals surface area (Å²) in [5.74, 6) is -1.69. The molecule has 37 heavy (non-hydrogen) atoms. The molecule has 0 bridgehead atoms. The summed E-state index contributed by atoms with van der Waals surface area (Å²) >= 11 is 5.97. The molecule has 0 spiro atoms. The van der Waals surface area contributed by atoms with E-state index in [9.17, 15) is 27.6 Å². The van der Waals surface area contributed by atoms with Crippen LogP contribution in [-0.2, 0) is 22.3 Å². The molecule has 1 heterocycles. The minimum absolute atomic E-state index is 0.00277. The molecule has 1 saturated carbocycles. The summed E-state index contributed by atoms with van der Waals surface area (Å²) in [5.41, 5.74) is -0.833. The molecule has 0 radical (unpaired) electrons. The van der Waals surface area contributed by atoms with Gasteiger partial charge in [0.25, 0.3) is 0 Å². The average Bonchev–Trinajstić information content (AvgIpc) is 3.63. The third-order valence-corrected chi connectivity index (χ3v) is 6.56.